The molecule has 2 aliphatic rings. The first kappa shape index (κ1) is 26.8. The van der Waals surface area contributed by atoms with E-state index in [-0.39, 0.29) is 35.6 Å². The van der Waals surface area contributed by atoms with E-state index in [2.05, 4.69) is 6.58 Å². The lowest BCUT2D eigenvalue weighted by molar-refractivity contribution is -0.139. The second kappa shape index (κ2) is 13.3. The quantitative estimate of drug-likeness (QED) is 0.304. The van der Waals surface area contributed by atoms with E-state index < -0.39 is 0 Å². The van der Waals surface area contributed by atoms with Crippen molar-refractivity contribution in [2.75, 3.05) is 0 Å². The first-order valence-electron chi connectivity index (χ1n) is 11.0. The summed E-state index contributed by atoms with van der Waals surface area (Å²) in [5.74, 6) is -0.749. The molecule has 172 valence electrons. The third-order valence-corrected chi connectivity index (χ3v) is 4.95. The van der Waals surface area contributed by atoms with Gasteiger partial charge in [0.05, 0.1) is 5.92 Å². The van der Waals surface area contributed by atoms with E-state index in [1.165, 1.54) is 24.3 Å². The van der Waals surface area contributed by atoms with Gasteiger partial charge in [-0.2, -0.15) is 0 Å². The summed E-state index contributed by atoms with van der Waals surface area (Å²) in [5.41, 5.74) is 2.85. The van der Waals surface area contributed by atoms with E-state index in [0.29, 0.717) is 24.1 Å². The van der Waals surface area contributed by atoms with Gasteiger partial charge < -0.3 is 5.11 Å². The number of halogens is 1. The lowest BCUT2D eigenvalue weighted by atomic mass is 9.82. The maximum atomic E-state index is 13.0. The fourth-order valence-corrected chi connectivity index (χ4v) is 3.28. The maximum absolute atomic E-state index is 13.0. The third kappa shape index (κ3) is 6.91. The minimum Gasteiger partial charge on any atom is -0.508 e. The topological polar surface area (TPSA) is 57.6 Å². The van der Waals surface area contributed by atoms with Crippen molar-refractivity contribution in [1.82, 2.24) is 4.90 Å². The Balaban J connectivity index is 0.000000769. The fourth-order valence-electron chi connectivity index (χ4n) is 3.28. The number of nitrogens with zero attached hydrogens (tertiary/aromatic N) is 1. The number of likely N-dealkylation sites (tertiary alicyclic amines) is 1. The number of allylic oxidation sites excluding steroid dienone is 7. The maximum Gasteiger partial charge on any atom is 0.240 e. The van der Waals surface area contributed by atoms with E-state index in [9.17, 15) is 19.1 Å². The van der Waals surface area contributed by atoms with Crippen LogP contribution in [0.4, 0.5) is 4.39 Å². The van der Waals surface area contributed by atoms with Gasteiger partial charge in [-0.25, -0.2) is 4.39 Å². The largest absolute Gasteiger partial charge is 0.508 e. The van der Waals surface area contributed by atoms with Gasteiger partial charge in [-0.05, 0) is 75.6 Å². The predicted molar refractivity (Wildman–Crippen MR) is 128 cm³/mol. The third-order valence-electron chi connectivity index (χ3n) is 4.95. The molecule has 1 aromatic rings. The minimum atomic E-state index is -0.389. The van der Waals surface area contributed by atoms with Crippen LogP contribution >= 0.6 is 0 Å². The van der Waals surface area contributed by atoms with Crippen LogP contribution in [0.1, 0.15) is 64.2 Å². The Labute approximate surface area is 191 Å². The average molecular weight is 440 g/mol. The summed E-state index contributed by atoms with van der Waals surface area (Å²) >= 11 is 0. The molecule has 0 radical (unpaired) electrons. The van der Waals surface area contributed by atoms with Crippen molar-refractivity contribution in [3.63, 3.8) is 0 Å². The monoisotopic (exact) mass is 439 g/mol. The zero-order valence-corrected chi connectivity index (χ0v) is 19.7. The Morgan fingerprint density at radius 2 is 1.78 bits per heavy atom. The van der Waals surface area contributed by atoms with Crippen LogP contribution < -0.4 is 0 Å². The summed E-state index contributed by atoms with van der Waals surface area (Å²) in [4.78, 5) is 26.4. The van der Waals surface area contributed by atoms with E-state index in [1.807, 2.05) is 39.8 Å². The first-order valence-corrected chi connectivity index (χ1v) is 11.0. The highest BCUT2D eigenvalue weighted by molar-refractivity contribution is 5.97. The van der Waals surface area contributed by atoms with Crippen molar-refractivity contribution >= 4 is 11.7 Å². The Kier molecular flexibility index (Phi) is 11.1. The summed E-state index contributed by atoms with van der Waals surface area (Å²) < 4.78 is 13.0. The number of Topliss-reactive ketones (excluding diaryl/α,β-unsaturated/α-hetero) is 1. The SMILES string of the molecule is C/C=C\C.C=C(C)N1C(=O)[C@H](CCC(=O)c2ccc(F)cc2)/C1=C1/C=CC(O)=CC1.CC. The number of aliphatic hydroxyl groups excluding tert-OH is 1. The van der Waals surface area contributed by atoms with Gasteiger partial charge in [0, 0.05) is 23.4 Å². The summed E-state index contributed by atoms with van der Waals surface area (Å²) in [6.07, 6.45) is 10.2. The van der Waals surface area contributed by atoms with E-state index in [1.54, 1.807) is 30.1 Å². The van der Waals surface area contributed by atoms with Crippen LogP contribution in [0.3, 0.4) is 0 Å². The van der Waals surface area contributed by atoms with E-state index in [0.717, 1.165) is 11.3 Å². The number of ketones is 1. The highest BCUT2D eigenvalue weighted by atomic mass is 19.1. The van der Waals surface area contributed by atoms with Crippen LogP contribution in [0.25, 0.3) is 0 Å². The first-order chi connectivity index (χ1) is 15.3. The molecule has 0 unspecified atom stereocenters. The molecule has 1 saturated heterocycles. The summed E-state index contributed by atoms with van der Waals surface area (Å²) in [7, 11) is 0. The summed E-state index contributed by atoms with van der Waals surface area (Å²) in [5, 5.41) is 9.50. The number of rotatable bonds is 5. The number of aliphatic hydroxyl groups is 1. The van der Waals surface area contributed by atoms with Crippen molar-refractivity contribution in [1.29, 1.82) is 0 Å². The molecule has 1 aliphatic carbocycles. The van der Waals surface area contributed by atoms with Crippen LogP contribution in [0.15, 0.2) is 84.0 Å². The van der Waals surface area contributed by atoms with Crippen LogP contribution in [0.2, 0.25) is 0 Å². The predicted octanol–water partition coefficient (Wildman–Crippen LogP) is 7.05. The molecule has 4 nitrogen and oxygen atoms in total. The molecule has 0 aromatic heterocycles. The molecular weight excluding hydrogens is 405 g/mol. The molecule has 1 aromatic carbocycles. The standard InChI is InChI=1S/C21H20FNO3.C4H8.C2H6/c1-13(2)23-20(15-5-9-17(24)10-6-15)18(21(23)26)11-12-19(25)14-3-7-16(22)8-4-14;1-3-4-2;1-2/h3-5,7-10,18,24H,1,6,11-12H2,2H3;3-4H,1-2H3;1-2H3/b20-15+;4-3-;/t18-;;/m1../s1. The summed E-state index contributed by atoms with van der Waals surface area (Å²) in [6, 6.07) is 5.42. The molecule has 0 bridgehead atoms. The smallest absolute Gasteiger partial charge is 0.240 e. The molecule has 32 heavy (non-hydrogen) atoms. The number of carbonyl (C=O) groups excluding carboxylic acids is 2. The van der Waals surface area contributed by atoms with Gasteiger partial charge in [-0.1, -0.05) is 38.7 Å². The van der Waals surface area contributed by atoms with Crippen molar-refractivity contribution in [3.05, 3.63) is 95.3 Å². The van der Waals surface area contributed by atoms with Gasteiger partial charge in [0.1, 0.15) is 11.6 Å². The number of benzene rings is 1. The molecule has 0 spiro atoms. The van der Waals surface area contributed by atoms with Gasteiger partial charge >= 0.3 is 0 Å². The van der Waals surface area contributed by atoms with Gasteiger partial charge in [-0.3, -0.25) is 14.5 Å². The molecule has 1 N–H and O–H groups in total. The van der Waals surface area contributed by atoms with Gasteiger partial charge in [0.2, 0.25) is 5.91 Å². The van der Waals surface area contributed by atoms with E-state index >= 15 is 0 Å². The van der Waals surface area contributed by atoms with Crippen LogP contribution in [-0.4, -0.2) is 21.7 Å². The highest BCUT2D eigenvalue weighted by Gasteiger charge is 2.44. The molecule has 5 heteroatoms. The number of hydrogen-bond acceptors (Lipinski definition) is 3. The van der Waals surface area contributed by atoms with Crippen LogP contribution in [0.5, 0.6) is 0 Å². The molecule has 0 saturated carbocycles. The lowest BCUT2D eigenvalue weighted by Gasteiger charge is -2.43. The molecule has 1 atom stereocenters. The normalized spacial score (nSPS) is 19.3. The Hall–Kier alpha value is -3.21. The molecule has 1 heterocycles. The Morgan fingerprint density at radius 1 is 1.19 bits per heavy atom. The highest BCUT2D eigenvalue weighted by Crippen LogP contribution is 2.41. The number of amides is 1. The van der Waals surface area contributed by atoms with Gasteiger partial charge in [0.25, 0.3) is 0 Å². The number of hydrogen-bond donors (Lipinski definition) is 1. The van der Waals surface area contributed by atoms with Gasteiger partial charge in [0.15, 0.2) is 5.78 Å². The second-order valence-electron chi connectivity index (χ2n) is 7.17. The molecule has 1 aliphatic heterocycles. The number of β-lactam (4-membered cyclic amide) rings is 1. The molecule has 1 amide bonds. The van der Waals surface area contributed by atoms with Crippen LogP contribution in [0, 0.1) is 11.7 Å². The zero-order chi connectivity index (χ0) is 24.3. The number of carbonyl (C=O) groups is 2. The van der Waals surface area contributed by atoms with Crippen LogP contribution in [-0.2, 0) is 4.79 Å². The Bertz CT molecular complexity index is 932. The molecular formula is C27H34FNO3. The molecule has 3 rings (SSSR count). The van der Waals surface area contributed by atoms with E-state index in [4.69, 9.17) is 0 Å². The summed E-state index contributed by atoms with van der Waals surface area (Å²) in [6.45, 7) is 13.6. The Morgan fingerprint density at radius 3 is 2.25 bits per heavy atom. The van der Waals surface area contributed by atoms with Crippen molar-refractivity contribution in [3.8, 4) is 0 Å². The minimum absolute atomic E-state index is 0.0703. The average Bonchev–Trinajstić information content (AvgIpc) is 2.79. The zero-order valence-electron chi connectivity index (χ0n) is 19.7. The molecule has 1 fully saturated rings. The van der Waals surface area contributed by atoms with Crippen molar-refractivity contribution in [2.45, 2.75) is 53.9 Å². The second-order valence-corrected chi connectivity index (χ2v) is 7.17. The van der Waals surface area contributed by atoms with Gasteiger partial charge in [-0.15, -0.1) is 0 Å². The van der Waals surface area contributed by atoms with Crippen molar-refractivity contribution < 1.29 is 19.1 Å². The lowest BCUT2D eigenvalue weighted by Crippen LogP contribution is -2.49. The fraction of sp³-hybridized carbons (Fsp3) is 0.333. The van der Waals surface area contributed by atoms with Crippen molar-refractivity contribution in [2.24, 2.45) is 5.92 Å².